The summed E-state index contributed by atoms with van der Waals surface area (Å²) in [6.45, 7) is 12.8. The molecule has 0 N–H and O–H groups in total. The number of halogens is 1. The highest BCUT2D eigenvalue weighted by molar-refractivity contribution is 6.31. The minimum Gasteiger partial charge on any atom is -0.294 e. The van der Waals surface area contributed by atoms with Gasteiger partial charge in [0.25, 0.3) is 0 Å². The fourth-order valence-electron chi connectivity index (χ4n) is 6.34. The Balaban J connectivity index is 1.59. The van der Waals surface area contributed by atoms with E-state index in [-0.39, 0.29) is 0 Å². The van der Waals surface area contributed by atoms with Crippen molar-refractivity contribution in [2.75, 3.05) is 6.54 Å². The van der Waals surface area contributed by atoms with Crippen LogP contribution in [-0.4, -0.2) is 12.3 Å². The zero-order chi connectivity index (χ0) is 21.1. The zero-order valence-corrected chi connectivity index (χ0v) is 20.2. The lowest BCUT2D eigenvalue weighted by Crippen LogP contribution is -2.33. The van der Waals surface area contributed by atoms with Crippen molar-refractivity contribution in [3.63, 3.8) is 0 Å². The molecular weight excluding hydrogens is 374 g/mol. The van der Waals surface area contributed by atoms with Crippen LogP contribution in [0.3, 0.4) is 0 Å². The third-order valence-electron chi connectivity index (χ3n) is 7.16. The van der Waals surface area contributed by atoms with E-state index in [9.17, 15) is 0 Å². The summed E-state index contributed by atoms with van der Waals surface area (Å²) in [5, 5.41) is 0.955. The van der Waals surface area contributed by atoms with E-state index < -0.39 is 0 Å². The molecule has 1 nitrogen and oxygen atoms in total. The topological polar surface area (TPSA) is 12.4 Å². The minimum absolute atomic E-state index is 0.385. The highest BCUT2D eigenvalue weighted by atomic mass is 35.5. The van der Waals surface area contributed by atoms with Crippen LogP contribution in [0.15, 0.2) is 23.2 Å². The number of rotatable bonds is 6. The molecule has 0 spiro atoms. The predicted octanol–water partition coefficient (Wildman–Crippen LogP) is 8.63. The van der Waals surface area contributed by atoms with Gasteiger partial charge in [0.05, 0.1) is 0 Å². The maximum atomic E-state index is 6.80. The molecule has 0 amide bonds. The van der Waals surface area contributed by atoms with Crippen molar-refractivity contribution < 1.29 is 0 Å². The van der Waals surface area contributed by atoms with Crippen LogP contribution < -0.4 is 0 Å². The number of nitrogens with zero attached hydrogens (tertiary/aromatic N) is 1. The van der Waals surface area contributed by atoms with Gasteiger partial charge in [-0.1, -0.05) is 83.5 Å². The van der Waals surface area contributed by atoms with Crippen molar-refractivity contribution in [3.05, 3.63) is 34.3 Å². The predicted molar refractivity (Wildman–Crippen MR) is 128 cm³/mol. The summed E-state index contributed by atoms with van der Waals surface area (Å²) in [7, 11) is 0. The van der Waals surface area contributed by atoms with Gasteiger partial charge < -0.3 is 0 Å². The van der Waals surface area contributed by atoms with E-state index in [4.69, 9.17) is 16.6 Å². The first kappa shape index (κ1) is 22.9. The summed E-state index contributed by atoms with van der Waals surface area (Å²) in [6, 6.07) is 6.79. The SMILES string of the molecule is CC(Cc1ccc(C2CC(C)(C)CC(C)(C)C2)c(Cl)c1)=NCCC1CCCCC1. The molecule has 162 valence electrons. The summed E-state index contributed by atoms with van der Waals surface area (Å²) in [5.41, 5.74) is 4.66. The molecule has 1 aromatic rings. The van der Waals surface area contributed by atoms with Gasteiger partial charge in [0.2, 0.25) is 0 Å². The van der Waals surface area contributed by atoms with E-state index in [0.717, 1.165) is 23.9 Å². The van der Waals surface area contributed by atoms with Crippen LogP contribution in [0.4, 0.5) is 0 Å². The Morgan fingerprint density at radius 3 is 2.31 bits per heavy atom. The first-order chi connectivity index (χ1) is 13.6. The van der Waals surface area contributed by atoms with Crippen molar-refractivity contribution in [1.29, 1.82) is 0 Å². The lowest BCUT2D eigenvalue weighted by atomic mass is 9.60. The zero-order valence-electron chi connectivity index (χ0n) is 19.5. The maximum absolute atomic E-state index is 6.80. The second kappa shape index (κ2) is 9.54. The lowest BCUT2D eigenvalue weighted by molar-refractivity contribution is 0.0969. The first-order valence-corrected chi connectivity index (χ1v) is 12.3. The second-order valence-electron chi connectivity index (χ2n) is 11.6. The third kappa shape index (κ3) is 6.84. The summed E-state index contributed by atoms with van der Waals surface area (Å²) in [5.74, 6) is 1.48. The van der Waals surface area contributed by atoms with E-state index in [1.807, 2.05) is 0 Å². The second-order valence-corrected chi connectivity index (χ2v) is 12.0. The number of benzene rings is 1. The van der Waals surface area contributed by atoms with Gasteiger partial charge in [-0.05, 0) is 72.5 Å². The molecule has 0 aliphatic heterocycles. The molecule has 0 unspecified atom stereocenters. The highest BCUT2D eigenvalue weighted by Crippen LogP contribution is 2.52. The first-order valence-electron chi connectivity index (χ1n) is 11.9. The Hall–Kier alpha value is -0.820. The van der Waals surface area contributed by atoms with Crippen LogP contribution in [0.2, 0.25) is 5.02 Å². The quantitative estimate of drug-likeness (QED) is 0.412. The Bertz CT molecular complexity index is 693. The average molecular weight is 416 g/mol. The van der Waals surface area contributed by atoms with Gasteiger partial charge in [-0.3, -0.25) is 4.99 Å². The largest absolute Gasteiger partial charge is 0.294 e. The van der Waals surface area contributed by atoms with Gasteiger partial charge in [-0.25, -0.2) is 0 Å². The molecule has 0 radical (unpaired) electrons. The standard InChI is InChI=1S/C27H42ClN/c1-20(29-14-13-21-9-7-6-8-10-21)15-22-11-12-24(25(28)16-22)23-17-26(2,3)19-27(4,5)18-23/h11-12,16,21,23H,6-10,13-15,17-19H2,1-5H3. The number of hydrogen-bond acceptors (Lipinski definition) is 1. The fraction of sp³-hybridized carbons (Fsp3) is 0.741. The van der Waals surface area contributed by atoms with E-state index in [2.05, 4.69) is 52.8 Å². The Morgan fingerprint density at radius 2 is 1.69 bits per heavy atom. The van der Waals surface area contributed by atoms with Gasteiger partial charge in [0, 0.05) is 23.7 Å². The van der Waals surface area contributed by atoms with Crippen molar-refractivity contribution in [3.8, 4) is 0 Å². The van der Waals surface area contributed by atoms with Crippen LogP contribution in [0.1, 0.15) is 109 Å². The molecule has 2 aliphatic rings. The van der Waals surface area contributed by atoms with Gasteiger partial charge >= 0.3 is 0 Å². The normalized spacial score (nSPS) is 23.3. The monoisotopic (exact) mass is 415 g/mol. The number of aliphatic imine (C=N–C) groups is 1. The highest BCUT2D eigenvalue weighted by Gasteiger charge is 2.39. The molecular formula is C27H42ClN. The average Bonchev–Trinajstić information content (AvgIpc) is 2.60. The summed E-state index contributed by atoms with van der Waals surface area (Å²) in [4.78, 5) is 4.87. The van der Waals surface area contributed by atoms with Crippen molar-refractivity contribution in [2.24, 2.45) is 21.7 Å². The van der Waals surface area contributed by atoms with Crippen LogP contribution in [0.5, 0.6) is 0 Å². The molecule has 2 saturated carbocycles. The lowest BCUT2D eigenvalue weighted by Gasteiger charge is -2.45. The molecule has 0 heterocycles. The Labute approximate surface area is 184 Å². The molecule has 0 saturated heterocycles. The summed E-state index contributed by atoms with van der Waals surface area (Å²) in [6.07, 6.45) is 13.1. The van der Waals surface area contributed by atoms with Crippen molar-refractivity contribution in [1.82, 2.24) is 0 Å². The Kier molecular flexibility index (Phi) is 7.52. The summed E-state index contributed by atoms with van der Waals surface area (Å²) < 4.78 is 0. The van der Waals surface area contributed by atoms with Crippen LogP contribution >= 0.6 is 11.6 Å². The van der Waals surface area contributed by atoms with E-state index in [1.165, 1.54) is 74.6 Å². The van der Waals surface area contributed by atoms with E-state index in [0.29, 0.717) is 16.7 Å². The molecule has 2 fully saturated rings. The third-order valence-corrected chi connectivity index (χ3v) is 7.49. The number of hydrogen-bond donors (Lipinski definition) is 0. The molecule has 0 aromatic heterocycles. The summed E-state index contributed by atoms with van der Waals surface area (Å²) >= 11 is 6.80. The van der Waals surface area contributed by atoms with Gasteiger partial charge in [0.15, 0.2) is 0 Å². The van der Waals surface area contributed by atoms with Crippen LogP contribution in [0, 0.1) is 16.7 Å². The van der Waals surface area contributed by atoms with Crippen molar-refractivity contribution >= 4 is 17.3 Å². The molecule has 3 rings (SSSR count). The minimum atomic E-state index is 0.385. The molecule has 29 heavy (non-hydrogen) atoms. The fourth-order valence-corrected chi connectivity index (χ4v) is 6.70. The maximum Gasteiger partial charge on any atom is 0.0443 e. The molecule has 1 aromatic carbocycles. The van der Waals surface area contributed by atoms with Crippen LogP contribution in [-0.2, 0) is 6.42 Å². The molecule has 2 aliphatic carbocycles. The van der Waals surface area contributed by atoms with E-state index in [1.54, 1.807) is 0 Å². The molecule has 0 bridgehead atoms. The van der Waals surface area contributed by atoms with Gasteiger partial charge in [-0.15, -0.1) is 0 Å². The molecule has 0 atom stereocenters. The molecule has 2 heteroatoms. The smallest absolute Gasteiger partial charge is 0.0443 e. The van der Waals surface area contributed by atoms with Crippen molar-refractivity contribution in [2.45, 2.75) is 105 Å². The van der Waals surface area contributed by atoms with Gasteiger partial charge in [0.1, 0.15) is 0 Å². The van der Waals surface area contributed by atoms with E-state index >= 15 is 0 Å². The van der Waals surface area contributed by atoms with Gasteiger partial charge in [-0.2, -0.15) is 0 Å². The van der Waals surface area contributed by atoms with Crippen LogP contribution in [0.25, 0.3) is 0 Å². The Morgan fingerprint density at radius 1 is 1.03 bits per heavy atom.